The molecule has 1 aromatic carbocycles. The second-order valence-electron chi connectivity index (χ2n) is 5.90. The molecule has 5 nitrogen and oxygen atoms in total. The predicted octanol–water partition coefficient (Wildman–Crippen LogP) is 2.46. The number of amides is 1. The third-order valence-electron chi connectivity index (χ3n) is 4.14. The van der Waals surface area contributed by atoms with Crippen LogP contribution < -0.4 is 10.1 Å². The van der Waals surface area contributed by atoms with Gasteiger partial charge in [-0.1, -0.05) is 25.1 Å². The van der Waals surface area contributed by atoms with Gasteiger partial charge in [-0.05, 0) is 37.8 Å². The predicted molar refractivity (Wildman–Crippen MR) is 82.6 cm³/mol. The van der Waals surface area contributed by atoms with Gasteiger partial charge in [0.1, 0.15) is 5.75 Å². The molecule has 0 saturated heterocycles. The van der Waals surface area contributed by atoms with Gasteiger partial charge in [0.05, 0.1) is 12.5 Å². The van der Waals surface area contributed by atoms with Gasteiger partial charge < -0.3 is 15.2 Å². The topological polar surface area (TPSA) is 75.6 Å². The van der Waals surface area contributed by atoms with Gasteiger partial charge in [0.15, 0.2) is 0 Å². The van der Waals surface area contributed by atoms with E-state index in [0.29, 0.717) is 25.9 Å². The molecule has 1 fully saturated rings. The highest BCUT2D eigenvalue weighted by Crippen LogP contribution is 2.26. The van der Waals surface area contributed by atoms with Gasteiger partial charge in [-0.15, -0.1) is 0 Å². The Labute approximate surface area is 130 Å². The Bertz CT molecular complexity index is 503. The molecule has 0 aliphatic heterocycles. The monoisotopic (exact) mass is 305 g/mol. The third kappa shape index (κ3) is 4.76. The van der Waals surface area contributed by atoms with Gasteiger partial charge in [-0.2, -0.15) is 0 Å². The summed E-state index contributed by atoms with van der Waals surface area (Å²) < 4.78 is 5.59. The molecule has 0 heterocycles. The molecule has 1 amide bonds. The van der Waals surface area contributed by atoms with Crippen LogP contribution in [0.15, 0.2) is 30.3 Å². The molecule has 3 atom stereocenters. The van der Waals surface area contributed by atoms with Crippen molar-refractivity contribution in [2.24, 2.45) is 11.8 Å². The number of carbonyl (C=O) groups excluding carboxylic acids is 1. The summed E-state index contributed by atoms with van der Waals surface area (Å²) in [5.41, 5.74) is 0. The lowest BCUT2D eigenvalue weighted by molar-refractivity contribution is -0.141. The van der Waals surface area contributed by atoms with Crippen molar-refractivity contribution in [2.75, 3.05) is 6.61 Å². The van der Waals surface area contributed by atoms with Crippen LogP contribution in [0.3, 0.4) is 0 Å². The standard InChI is InChI=1S/C17H23NO4/c1-12(9-10-22-15-5-3-2-4-6-15)16(19)18-14-8-7-13(11-14)17(20)21/h2-6,12-14H,7-11H2,1H3,(H,18,19)(H,20,21)/t12?,13-,14+/m0/s1. The molecule has 1 saturated carbocycles. The van der Waals surface area contributed by atoms with Crippen molar-refractivity contribution in [3.05, 3.63) is 30.3 Å². The Morgan fingerprint density at radius 1 is 1.32 bits per heavy atom. The molecule has 120 valence electrons. The van der Waals surface area contributed by atoms with Crippen molar-refractivity contribution in [2.45, 2.75) is 38.6 Å². The zero-order chi connectivity index (χ0) is 15.9. The van der Waals surface area contributed by atoms with E-state index in [0.717, 1.165) is 12.2 Å². The van der Waals surface area contributed by atoms with Gasteiger partial charge in [0.25, 0.3) is 0 Å². The summed E-state index contributed by atoms with van der Waals surface area (Å²) in [6, 6.07) is 9.50. The number of carbonyl (C=O) groups is 2. The van der Waals surface area contributed by atoms with Crippen LogP contribution in [0.1, 0.15) is 32.6 Å². The quantitative estimate of drug-likeness (QED) is 0.811. The Balaban J connectivity index is 1.68. The van der Waals surface area contributed by atoms with Gasteiger partial charge in [-0.25, -0.2) is 0 Å². The Hall–Kier alpha value is -2.04. The van der Waals surface area contributed by atoms with E-state index in [1.165, 1.54) is 0 Å². The maximum atomic E-state index is 12.1. The fourth-order valence-electron chi connectivity index (χ4n) is 2.68. The van der Waals surface area contributed by atoms with E-state index >= 15 is 0 Å². The second-order valence-corrected chi connectivity index (χ2v) is 5.90. The first kappa shape index (κ1) is 16.3. The van der Waals surface area contributed by atoms with E-state index in [1.807, 2.05) is 37.3 Å². The fourth-order valence-corrected chi connectivity index (χ4v) is 2.68. The van der Waals surface area contributed by atoms with Crippen molar-refractivity contribution in [1.29, 1.82) is 0 Å². The van der Waals surface area contributed by atoms with Crippen LogP contribution in [0.2, 0.25) is 0 Å². The SMILES string of the molecule is CC(CCOc1ccccc1)C(=O)N[C@@H]1CC[C@H](C(=O)O)C1. The van der Waals surface area contributed by atoms with E-state index in [9.17, 15) is 9.59 Å². The van der Waals surface area contributed by atoms with E-state index in [1.54, 1.807) is 0 Å². The van der Waals surface area contributed by atoms with E-state index in [2.05, 4.69) is 5.32 Å². The Morgan fingerprint density at radius 3 is 2.68 bits per heavy atom. The summed E-state index contributed by atoms with van der Waals surface area (Å²) in [6.07, 6.45) is 2.56. The first-order chi connectivity index (χ1) is 10.6. The van der Waals surface area contributed by atoms with Crippen LogP contribution in [-0.4, -0.2) is 29.6 Å². The van der Waals surface area contributed by atoms with Crippen molar-refractivity contribution < 1.29 is 19.4 Å². The molecule has 1 unspecified atom stereocenters. The van der Waals surface area contributed by atoms with Crippen LogP contribution >= 0.6 is 0 Å². The molecular formula is C17H23NO4. The average molecular weight is 305 g/mol. The molecule has 0 bridgehead atoms. The molecule has 0 radical (unpaired) electrons. The van der Waals surface area contributed by atoms with Gasteiger partial charge in [-0.3, -0.25) is 9.59 Å². The number of rotatable bonds is 7. The molecule has 1 aromatic rings. The van der Waals surface area contributed by atoms with Crippen LogP contribution in [0.25, 0.3) is 0 Å². The normalized spacial score (nSPS) is 22.0. The summed E-state index contributed by atoms with van der Waals surface area (Å²) in [6.45, 7) is 2.36. The maximum absolute atomic E-state index is 12.1. The van der Waals surface area contributed by atoms with Crippen molar-refractivity contribution in [3.63, 3.8) is 0 Å². The summed E-state index contributed by atoms with van der Waals surface area (Å²) in [5.74, 6) is -0.446. The van der Waals surface area contributed by atoms with Gasteiger partial charge in [0.2, 0.25) is 5.91 Å². The highest BCUT2D eigenvalue weighted by atomic mass is 16.5. The minimum atomic E-state index is -0.763. The van der Waals surface area contributed by atoms with Crippen molar-refractivity contribution in [1.82, 2.24) is 5.32 Å². The van der Waals surface area contributed by atoms with Gasteiger partial charge >= 0.3 is 5.97 Å². The zero-order valence-corrected chi connectivity index (χ0v) is 12.8. The number of hydrogen-bond donors (Lipinski definition) is 2. The summed E-state index contributed by atoms with van der Waals surface area (Å²) >= 11 is 0. The lowest BCUT2D eigenvalue weighted by Gasteiger charge is -2.17. The van der Waals surface area contributed by atoms with Crippen LogP contribution in [0.4, 0.5) is 0 Å². The number of para-hydroxylation sites is 1. The number of carboxylic acid groups (broad SMARTS) is 1. The Kier molecular flexibility index (Phi) is 5.81. The number of carboxylic acids is 1. The van der Waals surface area contributed by atoms with Crippen LogP contribution in [-0.2, 0) is 9.59 Å². The number of benzene rings is 1. The molecule has 1 aliphatic carbocycles. The molecule has 1 aliphatic rings. The van der Waals surface area contributed by atoms with Crippen molar-refractivity contribution >= 4 is 11.9 Å². The van der Waals surface area contributed by atoms with Gasteiger partial charge in [0, 0.05) is 12.0 Å². The van der Waals surface area contributed by atoms with Crippen LogP contribution in [0.5, 0.6) is 5.75 Å². The summed E-state index contributed by atoms with van der Waals surface area (Å²) in [7, 11) is 0. The first-order valence-electron chi connectivity index (χ1n) is 7.77. The average Bonchev–Trinajstić information content (AvgIpc) is 2.97. The molecule has 0 aromatic heterocycles. The van der Waals surface area contributed by atoms with E-state index in [-0.39, 0.29) is 23.8 Å². The molecule has 2 N–H and O–H groups in total. The minimum absolute atomic E-state index is 0.00825. The molecule has 22 heavy (non-hydrogen) atoms. The molecule has 5 heteroatoms. The third-order valence-corrected chi connectivity index (χ3v) is 4.14. The number of ether oxygens (including phenoxy) is 1. The zero-order valence-electron chi connectivity index (χ0n) is 12.8. The first-order valence-corrected chi connectivity index (χ1v) is 7.77. The molecule has 2 rings (SSSR count). The fraction of sp³-hybridized carbons (Fsp3) is 0.529. The second kappa shape index (κ2) is 7.82. The lowest BCUT2D eigenvalue weighted by atomic mass is 10.1. The lowest BCUT2D eigenvalue weighted by Crippen LogP contribution is -2.37. The largest absolute Gasteiger partial charge is 0.494 e. The molecular weight excluding hydrogens is 282 g/mol. The van der Waals surface area contributed by atoms with E-state index in [4.69, 9.17) is 9.84 Å². The Morgan fingerprint density at radius 2 is 2.05 bits per heavy atom. The number of aliphatic carboxylic acids is 1. The maximum Gasteiger partial charge on any atom is 0.306 e. The minimum Gasteiger partial charge on any atom is -0.494 e. The van der Waals surface area contributed by atoms with Crippen molar-refractivity contribution in [3.8, 4) is 5.75 Å². The van der Waals surface area contributed by atoms with E-state index < -0.39 is 5.97 Å². The summed E-state index contributed by atoms with van der Waals surface area (Å²) in [5, 5.41) is 11.9. The number of hydrogen-bond acceptors (Lipinski definition) is 3. The smallest absolute Gasteiger partial charge is 0.306 e. The molecule has 0 spiro atoms. The summed E-state index contributed by atoms with van der Waals surface area (Å²) in [4.78, 5) is 23.0. The highest BCUT2D eigenvalue weighted by molar-refractivity contribution is 5.79. The highest BCUT2D eigenvalue weighted by Gasteiger charge is 2.31. The number of nitrogens with one attached hydrogen (secondary N) is 1. The van der Waals surface area contributed by atoms with Crippen LogP contribution in [0, 0.1) is 11.8 Å².